The molecule has 4 nitrogen and oxygen atoms in total. The Kier molecular flexibility index (Phi) is 3.66. The maximum Gasteiger partial charge on any atom is 0.231 e. The average Bonchev–Trinajstić information content (AvgIpc) is 2.94. The molecule has 2 aliphatic heterocycles. The summed E-state index contributed by atoms with van der Waals surface area (Å²) in [6.07, 6.45) is 0.960. The number of carbonyl (C=O) groups excluding carboxylic acids is 1. The monoisotopic (exact) mass is 273 g/mol. The van der Waals surface area contributed by atoms with E-state index in [1.54, 1.807) is 0 Å². The summed E-state index contributed by atoms with van der Waals surface area (Å²) in [7, 11) is 2.11. The maximum atomic E-state index is 12.8. The number of nitrogens with one attached hydrogen (secondary N) is 1. The Hall–Kier alpha value is -1.55. The van der Waals surface area contributed by atoms with Gasteiger partial charge in [0.15, 0.2) is 0 Å². The molecule has 0 aliphatic carbocycles. The Labute approximate surface area is 120 Å². The molecule has 3 rings (SSSR count). The molecular weight excluding hydrogens is 250 g/mol. The third-order valence-corrected chi connectivity index (χ3v) is 4.34. The SMILES string of the molecule is CC1CN(C)c2ccccc2N(C(=O)C2CCNC2)C1. The van der Waals surface area contributed by atoms with Crippen molar-refractivity contribution < 1.29 is 4.79 Å². The number of rotatable bonds is 1. The van der Waals surface area contributed by atoms with E-state index < -0.39 is 0 Å². The lowest BCUT2D eigenvalue weighted by molar-refractivity contribution is -0.121. The van der Waals surface area contributed by atoms with Crippen molar-refractivity contribution in [1.29, 1.82) is 0 Å². The standard InChI is InChI=1S/C16H23N3O/c1-12-10-18(2)14-5-3-4-6-15(14)19(11-12)16(20)13-7-8-17-9-13/h3-6,12-13,17H,7-11H2,1-2H3. The number of para-hydroxylation sites is 2. The first kappa shape index (κ1) is 13.4. The van der Waals surface area contributed by atoms with E-state index in [-0.39, 0.29) is 11.8 Å². The predicted octanol–water partition coefficient (Wildman–Crippen LogP) is 1.71. The van der Waals surface area contributed by atoms with Crippen molar-refractivity contribution in [2.24, 2.45) is 11.8 Å². The number of carbonyl (C=O) groups is 1. The van der Waals surface area contributed by atoms with Crippen molar-refractivity contribution in [3.63, 3.8) is 0 Å². The number of benzene rings is 1. The summed E-state index contributed by atoms with van der Waals surface area (Å²) in [6.45, 7) is 5.80. The van der Waals surface area contributed by atoms with E-state index in [0.717, 1.165) is 44.0 Å². The summed E-state index contributed by atoms with van der Waals surface area (Å²) < 4.78 is 0. The van der Waals surface area contributed by atoms with Crippen LogP contribution in [0.5, 0.6) is 0 Å². The van der Waals surface area contributed by atoms with Gasteiger partial charge in [-0.3, -0.25) is 4.79 Å². The van der Waals surface area contributed by atoms with E-state index in [1.165, 1.54) is 0 Å². The van der Waals surface area contributed by atoms with Gasteiger partial charge in [0.05, 0.1) is 17.3 Å². The zero-order valence-corrected chi connectivity index (χ0v) is 12.3. The van der Waals surface area contributed by atoms with Crippen LogP contribution in [-0.2, 0) is 4.79 Å². The van der Waals surface area contributed by atoms with Crippen molar-refractivity contribution in [1.82, 2.24) is 5.32 Å². The van der Waals surface area contributed by atoms with Gasteiger partial charge in [-0.25, -0.2) is 0 Å². The first-order valence-electron chi connectivity index (χ1n) is 7.49. The van der Waals surface area contributed by atoms with Crippen LogP contribution in [0.25, 0.3) is 0 Å². The fourth-order valence-corrected chi connectivity index (χ4v) is 3.34. The number of amides is 1. The van der Waals surface area contributed by atoms with E-state index in [2.05, 4.69) is 36.3 Å². The highest BCUT2D eigenvalue weighted by Crippen LogP contribution is 2.33. The van der Waals surface area contributed by atoms with Crippen molar-refractivity contribution in [3.05, 3.63) is 24.3 Å². The van der Waals surface area contributed by atoms with E-state index in [0.29, 0.717) is 5.92 Å². The summed E-state index contributed by atoms with van der Waals surface area (Å²) in [4.78, 5) is 17.1. The van der Waals surface area contributed by atoms with Crippen LogP contribution in [0.2, 0.25) is 0 Å². The Morgan fingerprint density at radius 2 is 2.00 bits per heavy atom. The smallest absolute Gasteiger partial charge is 0.231 e. The second-order valence-electron chi connectivity index (χ2n) is 6.11. The molecule has 0 aromatic heterocycles. The molecule has 4 heteroatoms. The molecule has 1 fully saturated rings. The van der Waals surface area contributed by atoms with Gasteiger partial charge in [-0.2, -0.15) is 0 Å². The van der Waals surface area contributed by atoms with Crippen LogP contribution < -0.4 is 15.1 Å². The average molecular weight is 273 g/mol. The Morgan fingerprint density at radius 3 is 2.70 bits per heavy atom. The van der Waals surface area contributed by atoms with Gasteiger partial charge < -0.3 is 15.1 Å². The molecule has 1 N–H and O–H groups in total. The minimum absolute atomic E-state index is 0.138. The Balaban J connectivity index is 1.95. The van der Waals surface area contributed by atoms with Crippen LogP contribution in [0.3, 0.4) is 0 Å². The van der Waals surface area contributed by atoms with Gasteiger partial charge in [-0.05, 0) is 31.0 Å². The summed E-state index contributed by atoms with van der Waals surface area (Å²) >= 11 is 0. The molecule has 108 valence electrons. The summed E-state index contributed by atoms with van der Waals surface area (Å²) in [5.74, 6) is 0.897. The molecule has 1 aromatic rings. The number of hydrogen-bond acceptors (Lipinski definition) is 3. The quantitative estimate of drug-likeness (QED) is 0.846. The normalized spacial score (nSPS) is 26.3. The van der Waals surface area contributed by atoms with E-state index in [9.17, 15) is 4.79 Å². The summed E-state index contributed by atoms with van der Waals surface area (Å²) in [5, 5.41) is 3.29. The van der Waals surface area contributed by atoms with Crippen LogP contribution in [0.1, 0.15) is 13.3 Å². The molecule has 0 bridgehead atoms. The molecule has 0 spiro atoms. The highest BCUT2D eigenvalue weighted by Gasteiger charge is 2.32. The third-order valence-electron chi connectivity index (χ3n) is 4.34. The Morgan fingerprint density at radius 1 is 1.25 bits per heavy atom. The molecule has 2 heterocycles. The molecule has 0 radical (unpaired) electrons. The molecule has 0 saturated carbocycles. The van der Waals surface area contributed by atoms with Crippen molar-refractivity contribution in [2.45, 2.75) is 13.3 Å². The lowest BCUT2D eigenvalue weighted by Crippen LogP contribution is -2.39. The molecule has 2 atom stereocenters. The predicted molar refractivity (Wildman–Crippen MR) is 82.2 cm³/mol. The summed E-state index contributed by atoms with van der Waals surface area (Å²) in [6, 6.07) is 8.26. The van der Waals surface area contributed by atoms with E-state index >= 15 is 0 Å². The summed E-state index contributed by atoms with van der Waals surface area (Å²) in [5.41, 5.74) is 2.23. The highest BCUT2D eigenvalue weighted by atomic mass is 16.2. The minimum atomic E-state index is 0.138. The number of hydrogen-bond donors (Lipinski definition) is 1. The van der Waals surface area contributed by atoms with E-state index in [4.69, 9.17) is 0 Å². The lowest BCUT2D eigenvalue weighted by Gasteiger charge is -2.27. The molecule has 2 aliphatic rings. The highest BCUT2D eigenvalue weighted by molar-refractivity contribution is 5.98. The Bertz CT molecular complexity index is 496. The first-order valence-corrected chi connectivity index (χ1v) is 7.49. The zero-order chi connectivity index (χ0) is 14.1. The topological polar surface area (TPSA) is 35.6 Å². The van der Waals surface area contributed by atoms with Gasteiger partial charge >= 0.3 is 0 Å². The van der Waals surface area contributed by atoms with Crippen molar-refractivity contribution in [3.8, 4) is 0 Å². The maximum absolute atomic E-state index is 12.8. The van der Waals surface area contributed by atoms with Gasteiger partial charge in [0.25, 0.3) is 0 Å². The molecule has 1 amide bonds. The molecule has 1 aromatic carbocycles. The fourth-order valence-electron chi connectivity index (χ4n) is 3.34. The minimum Gasteiger partial charge on any atom is -0.373 e. The van der Waals surface area contributed by atoms with Gasteiger partial charge in [-0.15, -0.1) is 0 Å². The van der Waals surface area contributed by atoms with Crippen molar-refractivity contribution in [2.75, 3.05) is 43.0 Å². The molecule has 2 unspecified atom stereocenters. The largest absolute Gasteiger partial charge is 0.373 e. The zero-order valence-electron chi connectivity index (χ0n) is 12.3. The molecule has 20 heavy (non-hydrogen) atoms. The third kappa shape index (κ3) is 2.40. The number of nitrogens with zero attached hydrogens (tertiary/aromatic N) is 2. The van der Waals surface area contributed by atoms with E-state index in [1.807, 2.05) is 17.0 Å². The first-order chi connectivity index (χ1) is 9.66. The van der Waals surface area contributed by atoms with Gasteiger partial charge in [0, 0.05) is 26.7 Å². The van der Waals surface area contributed by atoms with Gasteiger partial charge in [0.1, 0.15) is 0 Å². The van der Waals surface area contributed by atoms with Crippen LogP contribution in [-0.4, -0.2) is 39.1 Å². The fraction of sp³-hybridized carbons (Fsp3) is 0.562. The van der Waals surface area contributed by atoms with Crippen molar-refractivity contribution >= 4 is 17.3 Å². The number of anilines is 2. The molecule has 1 saturated heterocycles. The van der Waals surface area contributed by atoms with Gasteiger partial charge in [0.2, 0.25) is 5.91 Å². The van der Waals surface area contributed by atoms with Crippen LogP contribution in [0.4, 0.5) is 11.4 Å². The lowest BCUT2D eigenvalue weighted by atomic mass is 10.1. The van der Waals surface area contributed by atoms with Crippen LogP contribution in [0, 0.1) is 11.8 Å². The van der Waals surface area contributed by atoms with Crippen LogP contribution in [0.15, 0.2) is 24.3 Å². The second-order valence-corrected chi connectivity index (χ2v) is 6.11. The molecular formula is C16H23N3O. The number of fused-ring (bicyclic) bond motifs is 1. The van der Waals surface area contributed by atoms with Gasteiger partial charge in [-0.1, -0.05) is 19.1 Å². The van der Waals surface area contributed by atoms with Crippen LogP contribution >= 0.6 is 0 Å². The second kappa shape index (κ2) is 5.44.